The normalized spacial score (nSPS) is 21.5. The fourth-order valence-electron chi connectivity index (χ4n) is 6.15. The van der Waals surface area contributed by atoms with Crippen LogP contribution in [0.15, 0.2) is 12.1 Å². The van der Waals surface area contributed by atoms with Crippen LogP contribution in [-0.2, 0) is 10.3 Å². The van der Waals surface area contributed by atoms with Crippen LogP contribution >= 0.6 is 0 Å². The number of benzene rings is 1. The molecule has 1 saturated heterocycles. The molecule has 37 heavy (non-hydrogen) atoms. The number of carbonyl (C=O) groups is 1. The van der Waals surface area contributed by atoms with Crippen molar-refractivity contribution in [1.29, 1.82) is 0 Å². The summed E-state index contributed by atoms with van der Waals surface area (Å²) in [5.74, 6) is -3.46. The Morgan fingerprint density at radius 2 is 1.92 bits per heavy atom. The molecule has 3 rings (SSSR count). The van der Waals surface area contributed by atoms with Gasteiger partial charge in [0.25, 0.3) is 0 Å². The van der Waals surface area contributed by atoms with Crippen LogP contribution in [0.25, 0.3) is 0 Å². The van der Waals surface area contributed by atoms with E-state index in [4.69, 9.17) is 4.74 Å². The fraction of sp³-hybridized carbons (Fsp3) is 0.750. The van der Waals surface area contributed by atoms with Crippen molar-refractivity contribution in [2.45, 2.75) is 82.3 Å². The second-order valence-corrected chi connectivity index (χ2v) is 10.9. The number of halogens is 3. The number of hydrogen-bond donors (Lipinski definition) is 3. The summed E-state index contributed by atoms with van der Waals surface area (Å²) in [5.41, 5.74) is -2.19. The number of urea groups is 1. The monoisotopic (exact) mass is 527 g/mol. The van der Waals surface area contributed by atoms with E-state index in [9.17, 15) is 23.1 Å². The molecule has 0 radical (unpaired) electrons. The zero-order chi connectivity index (χ0) is 26.8. The van der Waals surface area contributed by atoms with Gasteiger partial charge in [0.15, 0.2) is 11.6 Å². The molecule has 6 nitrogen and oxygen atoms in total. The van der Waals surface area contributed by atoms with Gasteiger partial charge < -0.3 is 25.4 Å². The number of rotatable bonds is 12. The second kappa shape index (κ2) is 14.4. The van der Waals surface area contributed by atoms with E-state index in [1.54, 1.807) is 12.0 Å². The van der Waals surface area contributed by atoms with E-state index < -0.39 is 29.0 Å². The molecule has 1 aromatic rings. The second-order valence-electron chi connectivity index (χ2n) is 10.9. The molecule has 1 heterocycles. The van der Waals surface area contributed by atoms with E-state index in [1.165, 1.54) is 32.1 Å². The highest BCUT2D eigenvalue weighted by atomic mass is 19.2. The van der Waals surface area contributed by atoms with Gasteiger partial charge >= 0.3 is 6.03 Å². The van der Waals surface area contributed by atoms with Crippen LogP contribution in [0.4, 0.5) is 18.0 Å². The third kappa shape index (κ3) is 8.07. The van der Waals surface area contributed by atoms with E-state index >= 15 is 0 Å². The largest absolute Gasteiger partial charge is 0.385 e. The SMILES string of the molecule is CNCC(CC1CCCCC1)NC(=O)N1CCC[C@@H](C(O)(CCCCOC)c2cc(F)cc(F)c2F)C1. The van der Waals surface area contributed by atoms with E-state index in [-0.39, 0.29) is 30.6 Å². The van der Waals surface area contributed by atoms with Crippen molar-refractivity contribution in [3.8, 4) is 0 Å². The molecule has 1 saturated carbocycles. The number of carbonyl (C=O) groups excluding carboxylic acids is 1. The molecule has 0 spiro atoms. The van der Waals surface area contributed by atoms with Crippen LogP contribution in [0.5, 0.6) is 0 Å². The number of piperidine rings is 1. The van der Waals surface area contributed by atoms with Gasteiger partial charge in [0.1, 0.15) is 5.82 Å². The average Bonchev–Trinajstić information content (AvgIpc) is 2.89. The van der Waals surface area contributed by atoms with Crippen LogP contribution in [0.3, 0.4) is 0 Å². The van der Waals surface area contributed by atoms with Gasteiger partial charge in [-0.05, 0) is 57.6 Å². The van der Waals surface area contributed by atoms with Crippen LogP contribution in [0.1, 0.15) is 76.2 Å². The van der Waals surface area contributed by atoms with Crippen LogP contribution in [0.2, 0.25) is 0 Å². The summed E-state index contributed by atoms with van der Waals surface area (Å²) < 4.78 is 48.3. The van der Waals surface area contributed by atoms with Gasteiger partial charge in [0, 0.05) is 56.9 Å². The molecule has 3 N–H and O–H groups in total. The highest BCUT2D eigenvalue weighted by Gasteiger charge is 2.43. The maximum Gasteiger partial charge on any atom is 0.317 e. The number of amides is 2. The van der Waals surface area contributed by atoms with Crippen molar-refractivity contribution in [2.24, 2.45) is 11.8 Å². The third-order valence-electron chi connectivity index (χ3n) is 8.12. The van der Waals surface area contributed by atoms with Crippen molar-refractivity contribution in [3.05, 3.63) is 35.1 Å². The van der Waals surface area contributed by atoms with Gasteiger partial charge in [-0.15, -0.1) is 0 Å². The topological polar surface area (TPSA) is 73.8 Å². The van der Waals surface area contributed by atoms with Gasteiger partial charge in [0.05, 0.1) is 5.60 Å². The summed E-state index contributed by atoms with van der Waals surface area (Å²) in [4.78, 5) is 15.0. The minimum atomic E-state index is -1.81. The molecular formula is C28H44F3N3O3. The first-order chi connectivity index (χ1) is 17.8. The molecule has 2 aliphatic rings. The van der Waals surface area contributed by atoms with Crippen molar-refractivity contribution in [2.75, 3.05) is 40.4 Å². The van der Waals surface area contributed by atoms with Gasteiger partial charge in [-0.3, -0.25) is 0 Å². The summed E-state index contributed by atoms with van der Waals surface area (Å²) >= 11 is 0. The summed E-state index contributed by atoms with van der Waals surface area (Å²) in [6.45, 7) is 1.82. The van der Waals surface area contributed by atoms with Crippen molar-refractivity contribution in [3.63, 3.8) is 0 Å². The van der Waals surface area contributed by atoms with E-state index in [2.05, 4.69) is 10.6 Å². The Kier molecular flexibility index (Phi) is 11.5. The standard InChI is InChI=1S/C28H44F3N3O3/c1-32-18-23(15-20-9-4-3-5-10-20)33-27(35)34-13-8-11-21(19-34)28(36,12-6-7-14-37-2)24-16-22(29)17-25(30)26(24)31/h16-17,20-21,23,32,36H,3-15,18-19H2,1-2H3,(H,33,35)/t21-,23?,28?/m1/s1. The van der Waals surface area contributed by atoms with Gasteiger partial charge in [-0.1, -0.05) is 32.1 Å². The maximum atomic E-state index is 14.9. The Morgan fingerprint density at radius 3 is 2.62 bits per heavy atom. The number of hydrogen-bond acceptors (Lipinski definition) is 4. The molecule has 1 aromatic carbocycles. The molecule has 9 heteroatoms. The molecular weight excluding hydrogens is 483 g/mol. The summed E-state index contributed by atoms with van der Waals surface area (Å²) in [6.07, 6.45) is 9.37. The van der Waals surface area contributed by atoms with Crippen LogP contribution in [-0.4, -0.2) is 62.5 Å². The average molecular weight is 528 g/mol. The molecule has 0 aromatic heterocycles. The molecule has 3 atom stereocenters. The minimum absolute atomic E-state index is 0.0105. The molecule has 1 aliphatic heterocycles. The Labute approximate surface area is 219 Å². The number of aliphatic hydroxyl groups is 1. The highest BCUT2D eigenvalue weighted by molar-refractivity contribution is 5.74. The lowest BCUT2D eigenvalue weighted by atomic mass is 9.74. The molecule has 2 unspecified atom stereocenters. The number of nitrogens with one attached hydrogen (secondary N) is 2. The molecule has 2 amide bonds. The number of ether oxygens (including phenoxy) is 1. The van der Waals surface area contributed by atoms with Gasteiger partial charge in [0.2, 0.25) is 0 Å². The van der Waals surface area contributed by atoms with Crippen molar-refractivity contribution < 1.29 is 27.8 Å². The summed E-state index contributed by atoms with van der Waals surface area (Å²) in [5, 5.41) is 18.2. The zero-order valence-electron chi connectivity index (χ0n) is 22.3. The molecule has 1 aliphatic carbocycles. The number of methoxy groups -OCH3 is 1. The third-order valence-corrected chi connectivity index (χ3v) is 8.12. The predicted molar refractivity (Wildman–Crippen MR) is 138 cm³/mol. The Morgan fingerprint density at radius 1 is 1.16 bits per heavy atom. The lowest BCUT2D eigenvalue weighted by Crippen LogP contribution is -2.54. The van der Waals surface area contributed by atoms with Gasteiger partial charge in [-0.25, -0.2) is 18.0 Å². The summed E-state index contributed by atoms with van der Waals surface area (Å²) in [7, 11) is 3.44. The quantitative estimate of drug-likeness (QED) is 0.262. The molecule has 0 bridgehead atoms. The maximum absolute atomic E-state index is 14.9. The number of unbranched alkanes of at least 4 members (excludes halogenated alkanes) is 1. The van der Waals surface area contributed by atoms with E-state index in [1.807, 2.05) is 7.05 Å². The smallest absolute Gasteiger partial charge is 0.317 e. The van der Waals surface area contributed by atoms with Crippen molar-refractivity contribution in [1.82, 2.24) is 15.5 Å². The number of nitrogens with zero attached hydrogens (tertiary/aromatic N) is 1. The first-order valence-electron chi connectivity index (χ1n) is 13.8. The summed E-state index contributed by atoms with van der Waals surface area (Å²) in [6, 6.07) is 1.15. The van der Waals surface area contributed by atoms with E-state index in [0.29, 0.717) is 57.4 Å². The Hall–Kier alpha value is -1.84. The Bertz CT molecular complexity index is 869. The molecule has 210 valence electrons. The predicted octanol–water partition coefficient (Wildman–Crippen LogP) is 5.09. The van der Waals surface area contributed by atoms with Crippen LogP contribution in [0, 0.1) is 29.3 Å². The lowest BCUT2D eigenvalue weighted by molar-refractivity contribution is -0.0594. The first kappa shape index (κ1) is 29.7. The lowest BCUT2D eigenvalue weighted by Gasteiger charge is -2.43. The molecule has 2 fully saturated rings. The number of likely N-dealkylation sites (N-methyl/N-ethyl adjacent to an activating group) is 1. The Balaban J connectivity index is 1.75. The van der Waals surface area contributed by atoms with Gasteiger partial charge in [-0.2, -0.15) is 0 Å². The van der Waals surface area contributed by atoms with Crippen molar-refractivity contribution >= 4 is 6.03 Å². The fourth-order valence-corrected chi connectivity index (χ4v) is 6.15. The van der Waals surface area contributed by atoms with Crippen LogP contribution < -0.4 is 10.6 Å². The zero-order valence-corrected chi connectivity index (χ0v) is 22.3. The van der Waals surface area contributed by atoms with E-state index in [0.717, 1.165) is 12.5 Å². The number of likely N-dealkylation sites (tertiary alicyclic amines) is 1. The highest BCUT2D eigenvalue weighted by Crippen LogP contribution is 2.41. The first-order valence-corrected chi connectivity index (χ1v) is 13.8. The minimum Gasteiger partial charge on any atom is -0.385 e.